The molecule has 1 saturated carbocycles. The van der Waals surface area contributed by atoms with Gasteiger partial charge in [0.15, 0.2) is 0 Å². The van der Waals surface area contributed by atoms with E-state index in [1.54, 1.807) is 6.20 Å². The second-order valence-corrected chi connectivity index (χ2v) is 8.98. The molecule has 2 aliphatic heterocycles. The van der Waals surface area contributed by atoms with E-state index in [1.807, 2.05) is 16.9 Å². The van der Waals surface area contributed by atoms with Crippen molar-refractivity contribution in [1.82, 2.24) is 29.6 Å². The minimum absolute atomic E-state index is 0.000916. The van der Waals surface area contributed by atoms with E-state index in [-0.39, 0.29) is 5.41 Å². The minimum Gasteiger partial charge on any atom is -0.383 e. The SMILES string of the molecule is Nc1ncc(-c2cc3n(n2)CCC32CN(C(c3ncc[nH]3)C3CC3)C2)cc1C(F)(F)F. The van der Waals surface area contributed by atoms with Crippen LogP contribution < -0.4 is 5.73 Å². The number of likely N-dealkylation sites (tertiary alicyclic amines) is 1. The summed E-state index contributed by atoms with van der Waals surface area (Å²) < 4.78 is 41.7. The van der Waals surface area contributed by atoms with Crippen molar-refractivity contribution in [3.05, 3.63) is 47.8 Å². The molecule has 3 N–H and O–H groups in total. The Kier molecular flexibility index (Phi) is 3.84. The number of nitrogens with two attached hydrogens (primary N) is 1. The lowest BCUT2D eigenvalue weighted by atomic mass is 9.74. The molecule has 162 valence electrons. The van der Waals surface area contributed by atoms with E-state index in [4.69, 9.17) is 5.73 Å². The van der Waals surface area contributed by atoms with Crippen LogP contribution in [0.1, 0.15) is 42.4 Å². The van der Waals surface area contributed by atoms with Gasteiger partial charge < -0.3 is 10.7 Å². The Bertz CT molecular complexity index is 1120. The first kappa shape index (κ1) is 18.9. The number of aromatic nitrogens is 5. The Morgan fingerprint density at radius 1 is 1.19 bits per heavy atom. The predicted octanol–water partition coefficient (Wildman–Crippen LogP) is 3.38. The van der Waals surface area contributed by atoms with Crippen LogP contribution in [0.3, 0.4) is 0 Å². The summed E-state index contributed by atoms with van der Waals surface area (Å²) in [6.07, 6.45) is 3.93. The number of anilines is 1. The Morgan fingerprint density at radius 3 is 2.68 bits per heavy atom. The molecule has 1 saturated heterocycles. The third-order valence-corrected chi connectivity index (χ3v) is 6.92. The largest absolute Gasteiger partial charge is 0.419 e. The fourth-order valence-corrected chi connectivity index (χ4v) is 5.24. The van der Waals surface area contributed by atoms with Crippen LogP contribution in [0.5, 0.6) is 0 Å². The molecule has 0 bridgehead atoms. The number of H-pyrrole nitrogens is 1. The molecule has 10 heteroatoms. The van der Waals surface area contributed by atoms with Gasteiger partial charge in [-0.05, 0) is 37.3 Å². The number of imidazole rings is 1. The zero-order valence-electron chi connectivity index (χ0n) is 16.7. The van der Waals surface area contributed by atoms with Crippen LogP contribution in [0.15, 0.2) is 30.7 Å². The summed E-state index contributed by atoms with van der Waals surface area (Å²) in [5.74, 6) is 1.15. The van der Waals surface area contributed by atoms with Crippen molar-refractivity contribution >= 4 is 5.82 Å². The number of nitrogens with zero attached hydrogens (tertiary/aromatic N) is 5. The van der Waals surface area contributed by atoms with Gasteiger partial charge in [0.1, 0.15) is 11.6 Å². The lowest BCUT2D eigenvalue weighted by Gasteiger charge is -2.51. The van der Waals surface area contributed by atoms with Crippen LogP contribution in [0.2, 0.25) is 0 Å². The summed E-state index contributed by atoms with van der Waals surface area (Å²) in [5, 5.41) is 4.59. The molecule has 1 spiro atoms. The molecule has 7 nitrogen and oxygen atoms in total. The Labute approximate surface area is 176 Å². The summed E-state index contributed by atoms with van der Waals surface area (Å²) in [5.41, 5.74) is 6.46. The summed E-state index contributed by atoms with van der Waals surface area (Å²) in [6, 6.07) is 3.28. The fraction of sp³-hybridized carbons (Fsp3) is 0.476. The lowest BCUT2D eigenvalue weighted by molar-refractivity contribution is -0.137. The molecule has 1 unspecified atom stereocenters. The maximum Gasteiger partial charge on any atom is 0.419 e. The molecule has 6 rings (SSSR count). The molecule has 1 atom stereocenters. The molecule has 0 aromatic carbocycles. The molecule has 1 aliphatic carbocycles. The van der Waals surface area contributed by atoms with Crippen molar-refractivity contribution in [1.29, 1.82) is 0 Å². The normalized spacial score (nSPS) is 21.3. The van der Waals surface area contributed by atoms with Gasteiger partial charge in [0.25, 0.3) is 0 Å². The summed E-state index contributed by atoms with van der Waals surface area (Å²) in [6.45, 7) is 2.59. The Hall–Kier alpha value is -2.88. The standard InChI is InChI=1S/C21H22F3N7/c22-21(23,24)14-7-13(9-28-18(14)25)15-8-16-20(3-6-31(16)29-15)10-30(11-20)17(12-1-2-12)19-26-4-5-27-19/h4-5,7-9,12,17H,1-3,6,10-11H2,(H2,25,28)(H,26,27). The van der Waals surface area contributed by atoms with Crippen molar-refractivity contribution < 1.29 is 13.2 Å². The third-order valence-electron chi connectivity index (χ3n) is 6.92. The van der Waals surface area contributed by atoms with Crippen LogP contribution in [-0.2, 0) is 18.1 Å². The molecule has 2 fully saturated rings. The van der Waals surface area contributed by atoms with Crippen molar-refractivity contribution in [2.45, 2.75) is 43.4 Å². The number of halogens is 3. The van der Waals surface area contributed by atoms with Gasteiger partial charge in [-0.25, -0.2) is 9.97 Å². The number of pyridine rings is 1. The van der Waals surface area contributed by atoms with Gasteiger partial charge in [-0.2, -0.15) is 18.3 Å². The molecular weight excluding hydrogens is 407 g/mol. The van der Waals surface area contributed by atoms with Gasteiger partial charge in [0.2, 0.25) is 0 Å². The number of fused-ring (bicyclic) bond motifs is 2. The zero-order valence-corrected chi connectivity index (χ0v) is 16.7. The minimum atomic E-state index is -4.55. The number of nitrogen functional groups attached to an aromatic ring is 1. The van der Waals surface area contributed by atoms with Crippen LogP contribution in [-0.4, -0.2) is 42.7 Å². The Balaban J connectivity index is 1.27. The lowest BCUT2D eigenvalue weighted by Crippen LogP contribution is -2.59. The summed E-state index contributed by atoms with van der Waals surface area (Å²) in [4.78, 5) is 14.0. The highest BCUT2D eigenvalue weighted by Gasteiger charge is 2.54. The van der Waals surface area contributed by atoms with Crippen LogP contribution >= 0.6 is 0 Å². The smallest absolute Gasteiger partial charge is 0.383 e. The van der Waals surface area contributed by atoms with Crippen molar-refractivity contribution in [2.24, 2.45) is 5.92 Å². The third kappa shape index (κ3) is 2.95. The first-order valence-corrected chi connectivity index (χ1v) is 10.5. The maximum atomic E-state index is 13.2. The van der Waals surface area contributed by atoms with Gasteiger partial charge in [-0.15, -0.1) is 0 Å². The Morgan fingerprint density at radius 2 is 2.00 bits per heavy atom. The van der Waals surface area contributed by atoms with E-state index >= 15 is 0 Å². The molecule has 3 aromatic rings. The zero-order chi connectivity index (χ0) is 21.4. The molecular formula is C21H22F3N7. The van der Waals surface area contributed by atoms with Gasteiger partial charge in [-0.3, -0.25) is 9.58 Å². The van der Waals surface area contributed by atoms with Crippen molar-refractivity contribution in [2.75, 3.05) is 18.8 Å². The molecule has 0 radical (unpaired) electrons. The van der Waals surface area contributed by atoms with Gasteiger partial charge in [0.05, 0.1) is 17.3 Å². The first-order chi connectivity index (χ1) is 14.8. The van der Waals surface area contributed by atoms with Gasteiger partial charge >= 0.3 is 6.18 Å². The van der Waals surface area contributed by atoms with E-state index in [1.165, 1.54) is 19.0 Å². The van der Waals surface area contributed by atoms with Gasteiger partial charge in [-0.1, -0.05) is 0 Å². The topological polar surface area (TPSA) is 88.7 Å². The van der Waals surface area contributed by atoms with Crippen LogP contribution in [0.25, 0.3) is 11.3 Å². The second kappa shape index (κ2) is 6.32. The average molecular weight is 429 g/mol. The maximum absolute atomic E-state index is 13.2. The molecule has 3 aliphatic rings. The summed E-state index contributed by atoms with van der Waals surface area (Å²) >= 11 is 0. The van der Waals surface area contributed by atoms with Crippen molar-refractivity contribution in [3.63, 3.8) is 0 Å². The number of hydrogen-bond acceptors (Lipinski definition) is 5. The highest BCUT2D eigenvalue weighted by molar-refractivity contribution is 5.63. The highest BCUT2D eigenvalue weighted by Crippen LogP contribution is 2.51. The first-order valence-electron chi connectivity index (χ1n) is 10.5. The molecule has 3 aromatic heterocycles. The van der Waals surface area contributed by atoms with E-state index in [0.717, 1.165) is 43.6 Å². The quantitative estimate of drug-likeness (QED) is 0.664. The molecule has 5 heterocycles. The number of hydrogen-bond donors (Lipinski definition) is 2. The monoisotopic (exact) mass is 429 g/mol. The van der Waals surface area contributed by atoms with E-state index in [0.29, 0.717) is 23.2 Å². The number of alkyl halides is 3. The number of rotatable bonds is 4. The molecule has 0 amide bonds. The second-order valence-electron chi connectivity index (χ2n) is 8.98. The number of aromatic amines is 1. The van der Waals surface area contributed by atoms with E-state index < -0.39 is 17.6 Å². The summed E-state index contributed by atoms with van der Waals surface area (Å²) in [7, 11) is 0. The van der Waals surface area contributed by atoms with Crippen LogP contribution in [0, 0.1) is 5.92 Å². The van der Waals surface area contributed by atoms with Gasteiger partial charge in [0, 0.05) is 54.9 Å². The number of nitrogens with one attached hydrogen (secondary N) is 1. The van der Waals surface area contributed by atoms with E-state index in [2.05, 4.69) is 25.0 Å². The number of aryl methyl sites for hydroxylation is 1. The van der Waals surface area contributed by atoms with Crippen molar-refractivity contribution in [3.8, 4) is 11.3 Å². The molecule has 31 heavy (non-hydrogen) atoms. The highest BCUT2D eigenvalue weighted by atomic mass is 19.4. The predicted molar refractivity (Wildman–Crippen MR) is 107 cm³/mol. The van der Waals surface area contributed by atoms with E-state index in [9.17, 15) is 13.2 Å². The van der Waals surface area contributed by atoms with Crippen LogP contribution in [0.4, 0.5) is 19.0 Å². The average Bonchev–Trinajstić information content (AvgIpc) is 3.09. The fourth-order valence-electron chi connectivity index (χ4n) is 5.24.